The SMILES string of the molecule is N#Cc1cccc(-c2ccc(CN)cc2Cl)c1. The van der Waals surface area contributed by atoms with E-state index in [1.54, 1.807) is 6.07 Å². The van der Waals surface area contributed by atoms with E-state index in [2.05, 4.69) is 6.07 Å². The second kappa shape index (κ2) is 5.01. The molecule has 0 heterocycles. The summed E-state index contributed by atoms with van der Waals surface area (Å²) in [6.45, 7) is 0.470. The van der Waals surface area contributed by atoms with Gasteiger partial charge in [0.1, 0.15) is 0 Å². The number of nitriles is 1. The molecule has 0 bridgehead atoms. The van der Waals surface area contributed by atoms with Crippen molar-refractivity contribution < 1.29 is 0 Å². The fraction of sp³-hybridized carbons (Fsp3) is 0.0714. The summed E-state index contributed by atoms with van der Waals surface area (Å²) in [5, 5.41) is 9.52. The topological polar surface area (TPSA) is 49.8 Å². The molecule has 0 aliphatic heterocycles. The summed E-state index contributed by atoms with van der Waals surface area (Å²) in [5.41, 5.74) is 9.03. The van der Waals surface area contributed by atoms with Crippen molar-refractivity contribution in [1.29, 1.82) is 5.26 Å². The molecule has 0 spiro atoms. The number of halogens is 1. The predicted molar refractivity (Wildman–Crippen MR) is 69.5 cm³/mol. The van der Waals surface area contributed by atoms with Gasteiger partial charge in [0.2, 0.25) is 0 Å². The van der Waals surface area contributed by atoms with Crippen molar-refractivity contribution >= 4 is 11.6 Å². The average molecular weight is 243 g/mol. The zero-order valence-electron chi connectivity index (χ0n) is 9.15. The molecule has 0 fully saturated rings. The van der Waals surface area contributed by atoms with E-state index >= 15 is 0 Å². The summed E-state index contributed by atoms with van der Waals surface area (Å²) in [4.78, 5) is 0. The number of nitrogens with zero attached hydrogens (tertiary/aromatic N) is 1. The monoisotopic (exact) mass is 242 g/mol. The Morgan fingerprint density at radius 1 is 1.18 bits per heavy atom. The maximum atomic E-state index is 8.86. The van der Waals surface area contributed by atoms with Crippen LogP contribution in [0, 0.1) is 11.3 Å². The minimum absolute atomic E-state index is 0.470. The fourth-order valence-electron chi connectivity index (χ4n) is 1.68. The first-order chi connectivity index (χ1) is 8.24. The largest absolute Gasteiger partial charge is 0.326 e. The third kappa shape index (κ3) is 2.47. The molecule has 0 saturated carbocycles. The van der Waals surface area contributed by atoms with E-state index in [-0.39, 0.29) is 0 Å². The molecular weight excluding hydrogens is 232 g/mol. The molecule has 2 N–H and O–H groups in total. The Kier molecular flexibility index (Phi) is 3.43. The highest BCUT2D eigenvalue weighted by atomic mass is 35.5. The number of benzene rings is 2. The Hall–Kier alpha value is -1.82. The van der Waals surface area contributed by atoms with Crippen LogP contribution < -0.4 is 5.73 Å². The average Bonchev–Trinajstić information content (AvgIpc) is 2.38. The summed E-state index contributed by atoms with van der Waals surface area (Å²) < 4.78 is 0. The highest BCUT2D eigenvalue weighted by Crippen LogP contribution is 2.29. The lowest BCUT2D eigenvalue weighted by Crippen LogP contribution is -1.96. The van der Waals surface area contributed by atoms with Crippen molar-refractivity contribution in [2.75, 3.05) is 0 Å². The van der Waals surface area contributed by atoms with Gasteiger partial charge in [-0.3, -0.25) is 0 Å². The maximum Gasteiger partial charge on any atom is 0.0991 e. The van der Waals surface area contributed by atoms with Gasteiger partial charge < -0.3 is 5.73 Å². The molecule has 0 radical (unpaired) electrons. The minimum Gasteiger partial charge on any atom is -0.326 e. The molecule has 17 heavy (non-hydrogen) atoms. The lowest BCUT2D eigenvalue weighted by molar-refractivity contribution is 1.07. The summed E-state index contributed by atoms with van der Waals surface area (Å²) in [6, 6.07) is 15.2. The number of nitrogens with two attached hydrogens (primary N) is 1. The van der Waals surface area contributed by atoms with Crippen LogP contribution in [0.4, 0.5) is 0 Å². The molecule has 2 nitrogen and oxygen atoms in total. The first kappa shape index (κ1) is 11.7. The first-order valence-corrected chi connectivity index (χ1v) is 5.61. The Balaban J connectivity index is 2.49. The molecule has 0 aliphatic rings. The quantitative estimate of drug-likeness (QED) is 0.878. The Morgan fingerprint density at radius 2 is 2.00 bits per heavy atom. The van der Waals surface area contributed by atoms with Crippen LogP contribution in [-0.4, -0.2) is 0 Å². The van der Waals surface area contributed by atoms with Crippen LogP contribution in [0.15, 0.2) is 42.5 Å². The Morgan fingerprint density at radius 3 is 2.65 bits per heavy atom. The standard InChI is InChI=1S/C14H11ClN2/c15-14-7-11(9-17)4-5-13(14)12-3-1-2-10(6-12)8-16/h1-7H,9,17H2. The molecule has 2 rings (SSSR count). The van der Waals surface area contributed by atoms with Crippen molar-refractivity contribution in [3.8, 4) is 17.2 Å². The van der Waals surface area contributed by atoms with E-state index in [0.717, 1.165) is 16.7 Å². The smallest absolute Gasteiger partial charge is 0.0991 e. The van der Waals surface area contributed by atoms with Crippen molar-refractivity contribution in [1.82, 2.24) is 0 Å². The molecule has 0 saturated heterocycles. The van der Waals surface area contributed by atoms with E-state index in [1.165, 1.54) is 0 Å². The van der Waals surface area contributed by atoms with Crippen LogP contribution in [0.1, 0.15) is 11.1 Å². The highest BCUT2D eigenvalue weighted by molar-refractivity contribution is 6.33. The molecule has 84 valence electrons. The summed E-state index contributed by atoms with van der Waals surface area (Å²) in [6.07, 6.45) is 0. The minimum atomic E-state index is 0.470. The second-order valence-electron chi connectivity index (χ2n) is 3.71. The van der Waals surface area contributed by atoms with Crippen LogP contribution in [0.25, 0.3) is 11.1 Å². The van der Waals surface area contributed by atoms with Crippen LogP contribution in [0.3, 0.4) is 0 Å². The molecule has 2 aromatic rings. The third-order valence-corrected chi connectivity index (χ3v) is 2.88. The van der Waals surface area contributed by atoms with Gasteiger partial charge in [-0.2, -0.15) is 5.26 Å². The van der Waals surface area contributed by atoms with Crippen molar-refractivity contribution in [3.05, 3.63) is 58.6 Å². The molecular formula is C14H11ClN2. The van der Waals surface area contributed by atoms with Gasteiger partial charge >= 0.3 is 0 Å². The number of hydrogen-bond acceptors (Lipinski definition) is 2. The summed E-state index contributed by atoms with van der Waals surface area (Å²) in [7, 11) is 0. The van der Waals surface area contributed by atoms with Gasteiger partial charge in [-0.05, 0) is 29.3 Å². The molecule has 0 atom stereocenters. The molecule has 0 aliphatic carbocycles. The summed E-state index contributed by atoms with van der Waals surface area (Å²) in [5.74, 6) is 0. The van der Waals surface area contributed by atoms with E-state index in [9.17, 15) is 0 Å². The molecule has 0 amide bonds. The van der Waals surface area contributed by atoms with Gasteiger partial charge in [0.05, 0.1) is 11.6 Å². The molecule has 0 aromatic heterocycles. The normalized spacial score (nSPS) is 9.94. The zero-order chi connectivity index (χ0) is 12.3. The van der Waals surface area contributed by atoms with Crippen LogP contribution in [-0.2, 0) is 6.54 Å². The van der Waals surface area contributed by atoms with Crippen LogP contribution >= 0.6 is 11.6 Å². The van der Waals surface area contributed by atoms with Gasteiger partial charge in [-0.15, -0.1) is 0 Å². The molecule has 0 unspecified atom stereocenters. The van der Waals surface area contributed by atoms with Crippen LogP contribution in [0.2, 0.25) is 5.02 Å². The van der Waals surface area contributed by atoms with Crippen molar-refractivity contribution in [3.63, 3.8) is 0 Å². The molecule has 2 aromatic carbocycles. The van der Waals surface area contributed by atoms with E-state index in [0.29, 0.717) is 17.1 Å². The van der Waals surface area contributed by atoms with Gasteiger partial charge in [0.15, 0.2) is 0 Å². The molecule has 3 heteroatoms. The Labute approximate surface area is 105 Å². The van der Waals surface area contributed by atoms with E-state index in [4.69, 9.17) is 22.6 Å². The second-order valence-corrected chi connectivity index (χ2v) is 4.12. The lowest BCUT2D eigenvalue weighted by Gasteiger charge is -2.06. The van der Waals surface area contributed by atoms with E-state index in [1.807, 2.05) is 36.4 Å². The van der Waals surface area contributed by atoms with E-state index < -0.39 is 0 Å². The highest BCUT2D eigenvalue weighted by Gasteiger charge is 2.04. The number of hydrogen-bond donors (Lipinski definition) is 1. The summed E-state index contributed by atoms with van der Waals surface area (Å²) >= 11 is 6.20. The van der Waals surface area contributed by atoms with Crippen molar-refractivity contribution in [2.24, 2.45) is 5.73 Å². The lowest BCUT2D eigenvalue weighted by atomic mass is 10.0. The van der Waals surface area contributed by atoms with Crippen molar-refractivity contribution in [2.45, 2.75) is 6.54 Å². The first-order valence-electron chi connectivity index (χ1n) is 5.23. The van der Waals surface area contributed by atoms with Gasteiger partial charge in [-0.1, -0.05) is 35.9 Å². The number of rotatable bonds is 2. The van der Waals surface area contributed by atoms with Gasteiger partial charge in [0.25, 0.3) is 0 Å². The zero-order valence-corrected chi connectivity index (χ0v) is 9.91. The Bertz CT molecular complexity index is 585. The third-order valence-electron chi connectivity index (χ3n) is 2.57. The van der Waals surface area contributed by atoms with Gasteiger partial charge in [0, 0.05) is 17.1 Å². The van der Waals surface area contributed by atoms with Crippen LogP contribution in [0.5, 0.6) is 0 Å². The maximum absolute atomic E-state index is 8.86. The van der Waals surface area contributed by atoms with Gasteiger partial charge in [-0.25, -0.2) is 0 Å². The predicted octanol–water partition coefficient (Wildman–Crippen LogP) is 3.34. The fourth-order valence-corrected chi connectivity index (χ4v) is 1.99.